The number of aromatic hydroxyl groups is 2. The summed E-state index contributed by atoms with van der Waals surface area (Å²) >= 11 is 5.65. The molecule has 0 aromatic heterocycles. The fourth-order valence-electron chi connectivity index (χ4n) is 2.63. The zero-order valence-corrected chi connectivity index (χ0v) is 13.7. The fraction of sp³-hybridized carbons (Fsp3) is 0.667. The van der Waals surface area contributed by atoms with Crippen LogP contribution in [0.3, 0.4) is 0 Å². The van der Waals surface area contributed by atoms with Gasteiger partial charge in [-0.15, -0.1) is 11.6 Å². The molecule has 0 heterocycles. The molecule has 21 heavy (non-hydrogen) atoms. The van der Waals surface area contributed by atoms with Crippen molar-refractivity contribution in [2.45, 2.75) is 70.6 Å². The van der Waals surface area contributed by atoms with E-state index in [0.717, 1.165) is 25.1 Å². The molecule has 0 aliphatic carbocycles. The molecular weight excluding hydrogens is 284 g/mol. The van der Waals surface area contributed by atoms with E-state index < -0.39 is 0 Å². The lowest BCUT2D eigenvalue weighted by Crippen LogP contribution is -1.88. The molecule has 0 saturated carbocycles. The van der Waals surface area contributed by atoms with Crippen LogP contribution in [0.2, 0.25) is 0 Å². The van der Waals surface area contributed by atoms with Crippen LogP contribution in [0.25, 0.3) is 0 Å². The van der Waals surface area contributed by atoms with Crippen molar-refractivity contribution < 1.29 is 10.2 Å². The molecule has 0 amide bonds. The molecule has 0 unspecified atom stereocenters. The highest BCUT2D eigenvalue weighted by Crippen LogP contribution is 2.28. The number of rotatable bonds is 12. The molecule has 3 heteroatoms. The maximum atomic E-state index is 9.68. The van der Waals surface area contributed by atoms with Crippen LogP contribution in [0, 0.1) is 0 Å². The van der Waals surface area contributed by atoms with Crippen LogP contribution < -0.4 is 0 Å². The highest BCUT2D eigenvalue weighted by atomic mass is 35.5. The summed E-state index contributed by atoms with van der Waals surface area (Å²) in [4.78, 5) is 0. The van der Waals surface area contributed by atoms with E-state index in [1.807, 2.05) is 0 Å². The smallest absolute Gasteiger partial charge is 0.122 e. The summed E-state index contributed by atoms with van der Waals surface area (Å²) in [5.74, 6) is 1.23. The van der Waals surface area contributed by atoms with Gasteiger partial charge in [0, 0.05) is 11.4 Å². The van der Waals surface area contributed by atoms with E-state index in [4.69, 9.17) is 11.6 Å². The van der Waals surface area contributed by atoms with Gasteiger partial charge in [0.15, 0.2) is 0 Å². The maximum absolute atomic E-state index is 9.68. The first-order valence-electron chi connectivity index (χ1n) is 8.31. The number of halogens is 1. The summed E-state index contributed by atoms with van der Waals surface area (Å²) in [5.41, 5.74) is 0.691. The van der Waals surface area contributed by atoms with E-state index in [2.05, 4.69) is 0 Å². The number of phenols is 2. The molecule has 0 radical (unpaired) electrons. The van der Waals surface area contributed by atoms with Crippen LogP contribution >= 0.6 is 11.6 Å². The van der Waals surface area contributed by atoms with E-state index in [1.165, 1.54) is 51.4 Å². The number of unbranched alkanes of at least 4 members (excludes halogenated alkanes) is 9. The predicted molar refractivity (Wildman–Crippen MR) is 90.4 cm³/mol. The molecule has 1 aromatic rings. The summed E-state index contributed by atoms with van der Waals surface area (Å²) in [5, 5.41) is 19.4. The second-order valence-electron chi connectivity index (χ2n) is 5.75. The van der Waals surface area contributed by atoms with Crippen LogP contribution in [0.15, 0.2) is 18.2 Å². The Labute approximate surface area is 134 Å². The predicted octanol–water partition coefficient (Wildman–Crippen LogP) is 5.78. The van der Waals surface area contributed by atoms with Crippen LogP contribution in [0.1, 0.15) is 69.8 Å². The molecule has 0 fully saturated rings. The average Bonchev–Trinajstić information content (AvgIpc) is 2.47. The molecular formula is C18H29ClO2. The Morgan fingerprint density at radius 2 is 1.10 bits per heavy atom. The van der Waals surface area contributed by atoms with Crippen molar-refractivity contribution in [2.75, 3.05) is 5.88 Å². The van der Waals surface area contributed by atoms with Crippen LogP contribution in [0.5, 0.6) is 11.5 Å². The van der Waals surface area contributed by atoms with Crippen molar-refractivity contribution in [3.63, 3.8) is 0 Å². The lowest BCUT2D eigenvalue weighted by Gasteiger charge is -2.07. The minimum absolute atomic E-state index is 0.215. The third-order valence-corrected chi connectivity index (χ3v) is 4.20. The quantitative estimate of drug-likeness (QED) is 0.379. The van der Waals surface area contributed by atoms with Crippen molar-refractivity contribution >= 4 is 11.6 Å². The summed E-state index contributed by atoms with van der Waals surface area (Å²) in [6.45, 7) is 0. The van der Waals surface area contributed by atoms with Gasteiger partial charge in [-0.1, -0.05) is 57.4 Å². The summed E-state index contributed by atoms with van der Waals surface area (Å²) < 4.78 is 0. The minimum atomic E-state index is 0.215. The molecule has 0 atom stereocenters. The molecule has 1 aromatic carbocycles. The van der Waals surface area contributed by atoms with Crippen molar-refractivity contribution in [1.82, 2.24) is 0 Å². The Hall–Kier alpha value is -0.890. The molecule has 2 N–H and O–H groups in total. The Balaban J connectivity index is 1.95. The highest BCUT2D eigenvalue weighted by Gasteiger charge is 2.05. The molecule has 120 valence electrons. The van der Waals surface area contributed by atoms with E-state index >= 15 is 0 Å². The van der Waals surface area contributed by atoms with Gasteiger partial charge in [0.25, 0.3) is 0 Å². The monoisotopic (exact) mass is 312 g/mol. The standard InChI is InChI=1S/C18H29ClO2/c19-15-10-8-6-4-2-1-3-5-7-9-12-16-17(20)13-11-14-18(16)21/h11,13-14,20-21H,1-10,12,15H2. The molecule has 0 aliphatic heterocycles. The second-order valence-corrected chi connectivity index (χ2v) is 6.13. The second kappa shape index (κ2) is 11.7. The number of hydrogen-bond acceptors (Lipinski definition) is 2. The molecule has 0 saturated heterocycles. The molecule has 0 spiro atoms. The Morgan fingerprint density at radius 3 is 1.57 bits per heavy atom. The van der Waals surface area contributed by atoms with Gasteiger partial charge in [-0.3, -0.25) is 0 Å². The third kappa shape index (κ3) is 8.21. The zero-order chi connectivity index (χ0) is 15.3. The van der Waals surface area contributed by atoms with Gasteiger partial charge in [0.05, 0.1) is 0 Å². The van der Waals surface area contributed by atoms with Gasteiger partial charge in [0.2, 0.25) is 0 Å². The topological polar surface area (TPSA) is 40.5 Å². The Bertz CT molecular complexity index is 359. The van der Waals surface area contributed by atoms with Gasteiger partial charge >= 0.3 is 0 Å². The van der Waals surface area contributed by atoms with Gasteiger partial charge in [-0.2, -0.15) is 0 Å². The lowest BCUT2D eigenvalue weighted by molar-refractivity contribution is 0.435. The minimum Gasteiger partial charge on any atom is -0.508 e. The highest BCUT2D eigenvalue weighted by molar-refractivity contribution is 6.17. The number of alkyl halides is 1. The van der Waals surface area contributed by atoms with Crippen molar-refractivity contribution in [2.24, 2.45) is 0 Å². The van der Waals surface area contributed by atoms with E-state index in [-0.39, 0.29) is 11.5 Å². The molecule has 0 aliphatic rings. The normalized spacial score (nSPS) is 10.9. The largest absolute Gasteiger partial charge is 0.508 e. The van der Waals surface area contributed by atoms with E-state index in [0.29, 0.717) is 5.56 Å². The molecule has 2 nitrogen and oxygen atoms in total. The first-order valence-corrected chi connectivity index (χ1v) is 8.85. The first-order chi connectivity index (χ1) is 10.3. The Kier molecular flexibility index (Phi) is 10.1. The number of benzene rings is 1. The summed E-state index contributed by atoms with van der Waals surface area (Å²) in [7, 11) is 0. The first kappa shape index (κ1) is 18.2. The zero-order valence-electron chi connectivity index (χ0n) is 13.0. The van der Waals surface area contributed by atoms with Gasteiger partial charge in [0.1, 0.15) is 11.5 Å². The molecule has 0 bridgehead atoms. The lowest BCUT2D eigenvalue weighted by atomic mass is 10.0. The van der Waals surface area contributed by atoms with Crippen LogP contribution in [-0.2, 0) is 6.42 Å². The maximum Gasteiger partial charge on any atom is 0.122 e. The van der Waals surface area contributed by atoms with E-state index in [9.17, 15) is 10.2 Å². The number of phenolic OH excluding ortho intramolecular Hbond substituents is 2. The summed E-state index contributed by atoms with van der Waals surface area (Å²) in [6.07, 6.45) is 13.2. The summed E-state index contributed by atoms with van der Waals surface area (Å²) in [6, 6.07) is 4.94. The van der Waals surface area contributed by atoms with Crippen LogP contribution in [0.4, 0.5) is 0 Å². The van der Waals surface area contributed by atoms with Gasteiger partial charge in [-0.25, -0.2) is 0 Å². The fourth-order valence-corrected chi connectivity index (χ4v) is 2.82. The SMILES string of the molecule is Oc1cccc(O)c1CCCCCCCCCCCCCl. The van der Waals surface area contributed by atoms with Crippen molar-refractivity contribution in [3.8, 4) is 11.5 Å². The average molecular weight is 313 g/mol. The third-order valence-electron chi connectivity index (χ3n) is 3.94. The van der Waals surface area contributed by atoms with Gasteiger partial charge in [-0.05, 0) is 31.4 Å². The van der Waals surface area contributed by atoms with Crippen molar-refractivity contribution in [1.29, 1.82) is 0 Å². The number of hydrogen-bond donors (Lipinski definition) is 2. The van der Waals surface area contributed by atoms with Crippen molar-refractivity contribution in [3.05, 3.63) is 23.8 Å². The molecule has 1 rings (SSSR count). The van der Waals surface area contributed by atoms with E-state index in [1.54, 1.807) is 18.2 Å². The van der Waals surface area contributed by atoms with Crippen LogP contribution in [-0.4, -0.2) is 16.1 Å². The Morgan fingerprint density at radius 1 is 0.667 bits per heavy atom. The van der Waals surface area contributed by atoms with Gasteiger partial charge < -0.3 is 10.2 Å².